The molecular formula is C14H20ClN2O4P. The number of carbonyl (C=O) groups is 1. The highest BCUT2D eigenvalue weighted by Crippen LogP contribution is 2.24. The van der Waals surface area contributed by atoms with E-state index in [0.29, 0.717) is 17.4 Å². The average Bonchev–Trinajstić information content (AvgIpc) is 2.44. The maximum Gasteiger partial charge on any atom is 0.412 e. The van der Waals surface area contributed by atoms with Gasteiger partial charge in [-0.15, -0.1) is 0 Å². The van der Waals surface area contributed by atoms with Gasteiger partial charge >= 0.3 is 14.1 Å². The third-order valence-electron chi connectivity index (χ3n) is 2.33. The summed E-state index contributed by atoms with van der Waals surface area (Å²) in [6.07, 6.45) is 0. The van der Waals surface area contributed by atoms with E-state index in [0.717, 1.165) is 0 Å². The summed E-state index contributed by atoms with van der Waals surface area (Å²) in [7, 11) is -2.34. The second-order valence-corrected chi connectivity index (χ2v) is 7.20. The summed E-state index contributed by atoms with van der Waals surface area (Å²) in [4.78, 5) is 27.0. The van der Waals surface area contributed by atoms with E-state index >= 15 is 0 Å². The fourth-order valence-electron chi connectivity index (χ4n) is 1.21. The quantitative estimate of drug-likeness (QED) is 0.486. The molecule has 0 radical (unpaired) electrons. The van der Waals surface area contributed by atoms with Gasteiger partial charge in [0.25, 0.3) is 0 Å². The molecule has 122 valence electrons. The fraction of sp³-hybridized carbons (Fsp3) is 0.500. The lowest BCUT2D eigenvalue weighted by Gasteiger charge is -2.19. The number of esters is 1. The first-order chi connectivity index (χ1) is 10.2. The largest absolute Gasteiger partial charge is 0.574 e. The Kier molecular flexibility index (Phi) is 7.23. The van der Waals surface area contributed by atoms with Crippen LogP contribution in [-0.2, 0) is 9.53 Å². The van der Waals surface area contributed by atoms with Crippen LogP contribution >= 0.6 is 19.8 Å². The number of nitrogens with one attached hydrogen (secondary N) is 1. The smallest absolute Gasteiger partial charge is 0.412 e. The second-order valence-electron chi connectivity index (χ2n) is 5.90. The van der Waals surface area contributed by atoms with Crippen LogP contribution in [0.15, 0.2) is 29.1 Å². The fourth-order valence-corrected chi connectivity index (χ4v) is 1.94. The van der Waals surface area contributed by atoms with Gasteiger partial charge in [0.15, 0.2) is 5.75 Å². The van der Waals surface area contributed by atoms with Crippen molar-refractivity contribution in [1.82, 2.24) is 5.43 Å². The predicted molar refractivity (Wildman–Crippen MR) is 84.4 cm³/mol. The number of halogens is 1. The van der Waals surface area contributed by atoms with Gasteiger partial charge in [0.05, 0.1) is 6.61 Å². The molecule has 1 aromatic rings. The number of rotatable bonds is 6. The third-order valence-corrected chi connectivity index (χ3v) is 3.23. The Morgan fingerprint density at radius 2 is 2.00 bits per heavy atom. The zero-order valence-corrected chi connectivity index (χ0v) is 14.6. The number of carbonyl (C=O) groups excluding carboxylic acids is 1. The summed E-state index contributed by atoms with van der Waals surface area (Å²) in [5.74, 6) is -0.0902. The molecule has 0 saturated carbocycles. The molecule has 1 rings (SSSR count). The molecule has 0 spiro atoms. The van der Waals surface area contributed by atoms with E-state index in [1.807, 2.05) is 20.8 Å². The molecule has 0 bridgehead atoms. The lowest BCUT2D eigenvalue weighted by atomic mass is 9.99. The Morgan fingerprint density at radius 1 is 1.41 bits per heavy atom. The lowest BCUT2D eigenvalue weighted by molar-refractivity contribution is -0.169. The van der Waals surface area contributed by atoms with Crippen molar-refractivity contribution in [1.29, 1.82) is 0 Å². The van der Waals surface area contributed by atoms with E-state index in [1.165, 1.54) is 0 Å². The highest BCUT2D eigenvalue weighted by Gasteiger charge is 2.19. The van der Waals surface area contributed by atoms with Crippen LogP contribution < -0.4 is 14.8 Å². The number of ether oxygens (including phenoxy) is 1. The minimum absolute atomic E-state index is 0.116. The molecule has 0 heterocycles. The molecule has 1 unspecified atom stereocenters. The molecule has 6 nitrogen and oxygen atoms in total. The van der Waals surface area contributed by atoms with Crippen LogP contribution in [0.3, 0.4) is 0 Å². The van der Waals surface area contributed by atoms with Crippen LogP contribution in [0, 0.1) is 5.41 Å². The summed E-state index contributed by atoms with van der Waals surface area (Å²) in [6, 6.07) is 5.66. The minimum atomic E-state index is -2.34. The highest BCUT2D eigenvalue weighted by molar-refractivity contribution is 7.33. The number of benzene rings is 1. The van der Waals surface area contributed by atoms with Crippen LogP contribution in [0.1, 0.15) is 27.7 Å². The molecule has 0 aliphatic rings. The first-order valence-electron chi connectivity index (χ1n) is 6.71. The molecule has 0 aliphatic carbocycles. The van der Waals surface area contributed by atoms with Crippen LogP contribution in [0.4, 0.5) is 0 Å². The van der Waals surface area contributed by atoms with Crippen LogP contribution in [0.2, 0.25) is 5.02 Å². The number of nitrogens with zero attached hydrogens (tertiary/aromatic N) is 1. The lowest BCUT2D eigenvalue weighted by Crippen LogP contribution is -2.33. The van der Waals surface area contributed by atoms with Gasteiger partial charge in [0.2, 0.25) is 0 Å². The van der Waals surface area contributed by atoms with Gasteiger partial charge < -0.3 is 9.63 Å². The van der Waals surface area contributed by atoms with Crippen molar-refractivity contribution in [3.63, 3.8) is 0 Å². The summed E-state index contributed by atoms with van der Waals surface area (Å²) >= 11 is 5.73. The Balaban J connectivity index is 2.45. The zero-order chi connectivity index (χ0) is 16.8. The van der Waals surface area contributed by atoms with E-state index in [2.05, 4.69) is 10.3 Å². The third kappa shape index (κ3) is 7.71. The molecule has 0 saturated heterocycles. The van der Waals surface area contributed by atoms with Crippen LogP contribution in [-0.4, -0.2) is 18.6 Å². The monoisotopic (exact) mass is 346 g/mol. The summed E-state index contributed by atoms with van der Waals surface area (Å²) in [6.45, 7) is 7.74. The second kappa shape index (κ2) is 8.44. The Bertz CT molecular complexity index is 529. The van der Waals surface area contributed by atoms with Gasteiger partial charge in [-0.25, -0.2) is 0 Å². The highest BCUT2D eigenvalue weighted by atomic mass is 35.5. The molecule has 2 atom stereocenters. The molecule has 22 heavy (non-hydrogen) atoms. The van der Waals surface area contributed by atoms with Crippen LogP contribution in [0.25, 0.3) is 0 Å². The van der Waals surface area contributed by atoms with Crippen molar-refractivity contribution in [2.75, 3.05) is 6.61 Å². The van der Waals surface area contributed by atoms with E-state index in [9.17, 15) is 9.69 Å². The maximum atomic E-state index is 11.7. The SMILES string of the molecule is C[C@H](N/N=[P+](\[O-])Oc1ccc(Cl)cc1)C(=O)OCC(C)(C)C. The Hall–Kier alpha value is -1.20. The van der Waals surface area contributed by atoms with Gasteiger partial charge in [-0.05, 0) is 36.6 Å². The summed E-state index contributed by atoms with van der Waals surface area (Å²) in [5, 5.41) is 0.549. The van der Waals surface area contributed by atoms with Crippen molar-refractivity contribution in [2.24, 2.45) is 10.3 Å². The van der Waals surface area contributed by atoms with Gasteiger partial charge in [0.1, 0.15) is 6.04 Å². The van der Waals surface area contributed by atoms with E-state index in [-0.39, 0.29) is 5.41 Å². The Labute approximate surface area is 136 Å². The summed E-state index contributed by atoms with van der Waals surface area (Å²) in [5.41, 5.74) is 2.35. The van der Waals surface area contributed by atoms with Crippen molar-refractivity contribution in [3.8, 4) is 5.75 Å². The van der Waals surface area contributed by atoms with Gasteiger partial charge in [-0.1, -0.05) is 32.4 Å². The van der Waals surface area contributed by atoms with Crippen molar-refractivity contribution in [3.05, 3.63) is 29.3 Å². The van der Waals surface area contributed by atoms with E-state index < -0.39 is 20.2 Å². The topological polar surface area (TPSA) is 83.0 Å². The maximum absolute atomic E-state index is 11.7. The van der Waals surface area contributed by atoms with E-state index in [1.54, 1.807) is 31.2 Å². The first-order valence-corrected chi connectivity index (χ1v) is 8.22. The predicted octanol–water partition coefficient (Wildman–Crippen LogP) is 3.06. The van der Waals surface area contributed by atoms with Gasteiger partial charge in [-0.3, -0.25) is 9.32 Å². The molecule has 0 aliphatic heterocycles. The minimum Gasteiger partial charge on any atom is -0.574 e. The standard InChI is InChI=1S/C14H20ClN2O4P/c1-10(13(18)20-9-14(2,3)4)16-17-22(19)21-12-7-5-11(15)6-8-12/h5-8,10,16H,9H2,1-4H3/t10-/m0/s1. The molecule has 1 aromatic carbocycles. The molecule has 8 heteroatoms. The average molecular weight is 347 g/mol. The van der Waals surface area contributed by atoms with Crippen molar-refractivity contribution in [2.45, 2.75) is 33.7 Å². The molecule has 0 fully saturated rings. The number of hydrogen-bond donors (Lipinski definition) is 1. The normalized spacial score (nSPS) is 13.6. The number of hydrogen-bond acceptors (Lipinski definition) is 5. The molecular weight excluding hydrogens is 327 g/mol. The van der Waals surface area contributed by atoms with Gasteiger partial charge in [-0.2, -0.15) is 5.43 Å². The van der Waals surface area contributed by atoms with Crippen LogP contribution in [0.5, 0.6) is 5.75 Å². The van der Waals surface area contributed by atoms with Gasteiger partial charge in [0, 0.05) is 9.88 Å². The summed E-state index contributed by atoms with van der Waals surface area (Å²) < 4.78 is 10.2. The first kappa shape index (κ1) is 18.8. The molecule has 0 amide bonds. The molecule has 1 N–H and O–H groups in total. The van der Waals surface area contributed by atoms with E-state index in [4.69, 9.17) is 20.9 Å². The zero-order valence-electron chi connectivity index (χ0n) is 13.0. The van der Waals surface area contributed by atoms with Crippen molar-refractivity contribution >= 4 is 25.7 Å². The Morgan fingerprint density at radius 3 is 2.55 bits per heavy atom. The van der Waals surface area contributed by atoms with Crippen molar-refractivity contribution < 1.29 is 18.9 Å². The molecule has 0 aromatic heterocycles.